The summed E-state index contributed by atoms with van der Waals surface area (Å²) in [4.78, 5) is 96.7. The molecule has 0 rings (SSSR count). The maximum Gasteiger partial charge on any atom is 0.472 e. The van der Waals surface area contributed by atoms with Crippen molar-refractivity contribution in [2.24, 2.45) is 0 Å². The van der Waals surface area contributed by atoms with Crippen LogP contribution in [0.4, 0.5) is 0 Å². The number of aliphatic hydroxyl groups is 1. The van der Waals surface area contributed by atoms with Crippen molar-refractivity contribution in [2.75, 3.05) is 52.8 Å². The highest BCUT2D eigenvalue weighted by atomic mass is 31.2. The van der Waals surface area contributed by atoms with Crippen molar-refractivity contribution in [3.63, 3.8) is 0 Å². The molecule has 20 nitrogen and oxygen atoms in total. The van der Waals surface area contributed by atoms with Crippen molar-refractivity contribution in [2.45, 2.75) is 256 Å². The number of hydrogen-bond acceptors (Lipinski definition) is 14. The molecular formula is C52H102NO19P3. The largest absolute Gasteiger partial charge is 0.472 e. The lowest BCUT2D eigenvalue weighted by Gasteiger charge is -2.29. The number of phosphoric acid groups is 1. The molecule has 0 aliphatic rings. The molecule has 0 heterocycles. The fourth-order valence-electron chi connectivity index (χ4n) is 8.20. The summed E-state index contributed by atoms with van der Waals surface area (Å²) in [5.74, 6) is -2.03. The lowest BCUT2D eigenvalue weighted by molar-refractivity contribution is -0.161. The minimum absolute atomic E-state index is 0.0326. The van der Waals surface area contributed by atoms with Gasteiger partial charge in [0.25, 0.3) is 5.08 Å². The number of amides is 1. The normalized spacial score (nSPS) is 13.4. The fourth-order valence-corrected chi connectivity index (χ4v) is 11.2. The second-order valence-electron chi connectivity index (χ2n) is 19.9. The molecule has 0 spiro atoms. The van der Waals surface area contributed by atoms with E-state index in [2.05, 4.69) is 19.2 Å². The second kappa shape index (κ2) is 47.2. The number of carbonyl (C=O) groups excluding carboxylic acids is 4. The summed E-state index contributed by atoms with van der Waals surface area (Å²) in [6.07, 6.45) is 33.6. The van der Waals surface area contributed by atoms with E-state index in [0.29, 0.717) is 12.8 Å². The zero-order valence-corrected chi connectivity index (χ0v) is 48.7. The SMILES string of the molecule is CCCCCCCCCCCCCCCCCC(=O)OC[C@H](COP(=O)(O)OCCNC(=O)COCCOCC(=O)CCCCC(O)(P(=O)(O)O)P(=O)(O)O)OC(=O)CCCCCCCCCCCCCCCCC. The molecule has 0 radical (unpaired) electrons. The van der Waals surface area contributed by atoms with Gasteiger partial charge in [-0.3, -0.25) is 37.4 Å². The maximum absolute atomic E-state index is 12.8. The van der Waals surface area contributed by atoms with E-state index in [0.717, 1.165) is 38.5 Å². The van der Waals surface area contributed by atoms with E-state index in [9.17, 15) is 62.4 Å². The molecule has 0 fully saturated rings. The molecular weight excluding hydrogens is 1040 g/mol. The number of hydrogen-bond donors (Lipinski definition) is 7. The van der Waals surface area contributed by atoms with Crippen LogP contribution in [0.15, 0.2) is 0 Å². The number of esters is 2. The van der Waals surface area contributed by atoms with Gasteiger partial charge in [-0.25, -0.2) is 4.57 Å². The van der Waals surface area contributed by atoms with Crippen LogP contribution in [0.2, 0.25) is 0 Å². The fraction of sp³-hybridized carbons (Fsp3) is 0.923. The van der Waals surface area contributed by atoms with Crippen molar-refractivity contribution >= 4 is 46.6 Å². The van der Waals surface area contributed by atoms with Crippen LogP contribution in [0, 0.1) is 0 Å². The Balaban J connectivity index is 4.61. The smallest absolute Gasteiger partial charge is 0.462 e. The van der Waals surface area contributed by atoms with Crippen LogP contribution in [0.3, 0.4) is 0 Å². The van der Waals surface area contributed by atoms with Gasteiger partial charge in [-0.1, -0.05) is 194 Å². The van der Waals surface area contributed by atoms with Gasteiger partial charge >= 0.3 is 35.0 Å². The summed E-state index contributed by atoms with van der Waals surface area (Å²) in [6, 6.07) is 0. The Kier molecular flexibility index (Phi) is 46.2. The van der Waals surface area contributed by atoms with Crippen molar-refractivity contribution in [3.8, 4) is 0 Å². The van der Waals surface area contributed by atoms with Gasteiger partial charge in [-0.15, -0.1) is 0 Å². The molecule has 0 aliphatic carbocycles. The highest BCUT2D eigenvalue weighted by molar-refractivity contribution is 7.72. The number of rotatable bonds is 56. The molecule has 0 bridgehead atoms. The minimum atomic E-state index is -5.57. The third-order valence-electron chi connectivity index (χ3n) is 12.8. The van der Waals surface area contributed by atoms with Crippen molar-refractivity contribution in [1.29, 1.82) is 0 Å². The molecule has 0 aromatic heterocycles. The van der Waals surface area contributed by atoms with Gasteiger partial charge in [0.2, 0.25) is 5.91 Å². The number of nitrogens with one attached hydrogen (secondary N) is 1. The summed E-state index contributed by atoms with van der Waals surface area (Å²) >= 11 is 0. The average molecular weight is 1140 g/mol. The Morgan fingerprint density at radius 3 is 1.28 bits per heavy atom. The predicted octanol–water partition coefficient (Wildman–Crippen LogP) is 11.4. The first-order valence-corrected chi connectivity index (χ1v) is 33.2. The molecule has 0 saturated carbocycles. The van der Waals surface area contributed by atoms with Gasteiger partial charge in [0.1, 0.15) is 19.8 Å². The first kappa shape index (κ1) is 73.4. The lowest BCUT2D eigenvalue weighted by atomic mass is 10.0. The Labute approximate surface area is 449 Å². The molecule has 0 aliphatic heterocycles. The van der Waals surface area contributed by atoms with E-state index in [1.165, 1.54) is 141 Å². The number of ketones is 1. The van der Waals surface area contributed by atoms with E-state index >= 15 is 0 Å². The summed E-state index contributed by atoms with van der Waals surface area (Å²) in [5, 5.41) is 8.79. The highest BCUT2D eigenvalue weighted by Crippen LogP contribution is 2.69. The molecule has 444 valence electrons. The first-order valence-electron chi connectivity index (χ1n) is 28.5. The third-order valence-corrected chi connectivity index (χ3v) is 17.7. The van der Waals surface area contributed by atoms with Crippen molar-refractivity contribution < 1.29 is 90.4 Å². The monoisotopic (exact) mass is 1140 g/mol. The molecule has 0 saturated heterocycles. The minimum Gasteiger partial charge on any atom is -0.462 e. The van der Waals surface area contributed by atoms with Crippen LogP contribution >= 0.6 is 23.0 Å². The highest BCUT2D eigenvalue weighted by Gasteiger charge is 2.58. The van der Waals surface area contributed by atoms with Crippen LogP contribution in [0.5, 0.6) is 0 Å². The maximum atomic E-state index is 12.8. The van der Waals surface area contributed by atoms with Gasteiger partial charge in [-0.2, -0.15) is 0 Å². The van der Waals surface area contributed by atoms with Gasteiger partial charge in [0, 0.05) is 25.8 Å². The van der Waals surface area contributed by atoms with E-state index in [1.807, 2.05) is 0 Å². The summed E-state index contributed by atoms with van der Waals surface area (Å²) in [5.41, 5.74) is 0. The van der Waals surface area contributed by atoms with Gasteiger partial charge < -0.3 is 53.8 Å². The summed E-state index contributed by atoms with van der Waals surface area (Å²) in [7, 11) is -15.8. The molecule has 1 unspecified atom stereocenters. The quantitative estimate of drug-likeness (QED) is 0.0169. The van der Waals surface area contributed by atoms with Crippen LogP contribution in [-0.2, 0) is 60.9 Å². The number of phosphoric ester groups is 1. The Morgan fingerprint density at radius 2 is 0.853 bits per heavy atom. The molecule has 75 heavy (non-hydrogen) atoms. The number of unbranched alkanes of at least 4 members (excludes halogenated alkanes) is 29. The van der Waals surface area contributed by atoms with Crippen LogP contribution < -0.4 is 5.32 Å². The zero-order valence-electron chi connectivity index (χ0n) is 46.0. The average Bonchev–Trinajstić information content (AvgIpc) is 3.35. The van der Waals surface area contributed by atoms with Crippen LogP contribution in [0.1, 0.15) is 245 Å². The van der Waals surface area contributed by atoms with Gasteiger partial charge in [0.15, 0.2) is 11.9 Å². The van der Waals surface area contributed by atoms with E-state index in [4.69, 9.17) is 28.0 Å². The molecule has 23 heteroatoms. The molecule has 2 atom stereocenters. The summed E-state index contributed by atoms with van der Waals surface area (Å²) < 4.78 is 67.0. The van der Waals surface area contributed by atoms with Gasteiger partial charge in [0.05, 0.1) is 26.4 Å². The van der Waals surface area contributed by atoms with E-state index < -0.39 is 84.1 Å². The number of carbonyl (C=O) groups is 4. The van der Waals surface area contributed by atoms with Gasteiger partial charge in [-0.05, 0) is 32.1 Å². The number of ether oxygens (including phenoxy) is 4. The van der Waals surface area contributed by atoms with Crippen molar-refractivity contribution in [3.05, 3.63) is 0 Å². The predicted molar refractivity (Wildman–Crippen MR) is 289 cm³/mol. The van der Waals surface area contributed by atoms with Crippen LogP contribution in [-0.4, -0.2) is 117 Å². The van der Waals surface area contributed by atoms with E-state index in [1.54, 1.807) is 0 Å². The molecule has 1 amide bonds. The third kappa shape index (κ3) is 43.9. The zero-order chi connectivity index (χ0) is 55.9. The second-order valence-corrected chi connectivity index (χ2v) is 25.3. The molecule has 7 N–H and O–H groups in total. The summed E-state index contributed by atoms with van der Waals surface area (Å²) in [6.45, 7) is 1.94. The Hall–Kier alpha value is -1.63. The Morgan fingerprint density at radius 1 is 0.467 bits per heavy atom. The lowest BCUT2D eigenvalue weighted by Crippen LogP contribution is -2.31. The number of Topliss-reactive ketones (excluding diaryl/α,β-unsaturated/α-hetero) is 1. The van der Waals surface area contributed by atoms with Crippen LogP contribution in [0.25, 0.3) is 0 Å². The van der Waals surface area contributed by atoms with Crippen molar-refractivity contribution in [1.82, 2.24) is 5.32 Å². The molecule has 0 aromatic rings. The standard InChI is InChI=1S/C52H102NO19P3/c1-3-5-7-9-11-13-15-17-19-21-23-25-27-29-31-36-50(56)69-44-48(72-51(57)37-32-30-28-26-24-22-20-18-16-14-12-10-8-6-4-2)45-71-75(65,66)70-40-39-53-49(55)46-68-42-41-67-43-47(54)35-33-34-38-52(58,73(59,60)61)74(62,63)64/h48,58H,3-46H2,1-2H3,(H,53,55)(H,65,66)(H2,59,60,61)(H2,62,63,64)/t48-/m1/s1. The first-order chi connectivity index (χ1) is 35.8. The topological polar surface area (TPSA) is 308 Å². The van der Waals surface area contributed by atoms with E-state index in [-0.39, 0.29) is 65.1 Å². The molecule has 0 aromatic carbocycles. The Bertz CT molecular complexity index is 1570.